The molecule has 0 bridgehead atoms. The molecule has 6 nitrogen and oxygen atoms in total. The average molecular weight is 461 g/mol. The third kappa shape index (κ3) is 7.56. The minimum Gasteiger partial charge on any atom is -0.491 e. The molecule has 0 saturated heterocycles. The number of halogens is 1. The highest BCUT2D eigenvalue weighted by atomic mass is 35.5. The second-order valence-electron chi connectivity index (χ2n) is 6.99. The van der Waals surface area contributed by atoms with Gasteiger partial charge in [0, 0.05) is 17.3 Å². The minimum absolute atomic E-state index is 0.153. The molecular formula is C23H25ClN2O4S. The van der Waals surface area contributed by atoms with Gasteiger partial charge in [0.1, 0.15) is 18.5 Å². The lowest BCUT2D eigenvalue weighted by Gasteiger charge is -2.13. The molecule has 0 radical (unpaired) electrons. The predicted molar refractivity (Wildman–Crippen MR) is 123 cm³/mol. The van der Waals surface area contributed by atoms with Gasteiger partial charge in [0.15, 0.2) is 0 Å². The second kappa shape index (κ2) is 11.2. The van der Waals surface area contributed by atoms with Crippen LogP contribution < -0.4 is 14.8 Å². The van der Waals surface area contributed by atoms with Gasteiger partial charge < -0.3 is 15.2 Å². The van der Waals surface area contributed by atoms with Crippen molar-refractivity contribution in [2.45, 2.75) is 17.4 Å². The lowest BCUT2D eigenvalue weighted by atomic mass is 10.1. The summed E-state index contributed by atoms with van der Waals surface area (Å²) >= 11 is 5.81. The zero-order chi connectivity index (χ0) is 22.1. The summed E-state index contributed by atoms with van der Waals surface area (Å²) in [7, 11) is -3.66. The molecule has 3 aromatic carbocycles. The summed E-state index contributed by atoms with van der Waals surface area (Å²) in [4.78, 5) is 0.153. The lowest BCUT2D eigenvalue weighted by Crippen LogP contribution is -2.32. The van der Waals surface area contributed by atoms with E-state index in [1.165, 1.54) is 24.3 Å². The van der Waals surface area contributed by atoms with Crippen LogP contribution in [-0.4, -0.2) is 39.3 Å². The zero-order valence-electron chi connectivity index (χ0n) is 16.9. The van der Waals surface area contributed by atoms with Gasteiger partial charge in [0.2, 0.25) is 0 Å². The van der Waals surface area contributed by atoms with E-state index in [2.05, 4.69) is 10.0 Å². The fourth-order valence-electron chi connectivity index (χ4n) is 2.84. The highest BCUT2D eigenvalue weighted by Crippen LogP contribution is 2.19. The molecule has 0 aliphatic heterocycles. The van der Waals surface area contributed by atoms with Gasteiger partial charge in [-0.2, -0.15) is 0 Å². The molecule has 1 atom stereocenters. The van der Waals surface area contributed by atoms with Gasteiger partial charge in [-0.15, -0.1) is 0 Å². The second-order valence-corrected chi connectivity index (χ2v) is 9.11. The van der Waals surface area contributed by atoms with Crippen molar-refractivity contribution in [1.82, 2.24) is 5.32 Å². The van der Waals surface area contributed by atoms with Crippen molar-refractivity contribution < 1.29 is 18.3 Å². The summed E-state index contributed by atoms with van der Waals surface area (Å²) in [6.45, 7) is 1.32. The molecule has 3 aromatic rings. The summed E-state index contributed by atoms with van der Waals surface area (Å²) < 4.78 is 32.9. The van der Waals surface area contributed by atoms with Gasteiger partial charge in [0.25, 0.3) is 10.0 Å². The summed E-state index contributed by atoms with van der Waals surface area (Å²) in [5.74, 6) is 0.730. The molecule has 0 aromatic heterocycles. The Bertz CT molecular complexity index is 1040. The van der Waals surface area contributed by atoms with Crippen LogP contribution in [-0.2, 0) is 16.4 Å². The standard InChI is InChI=1S/C23H25ClN2O4S/c24-19-8-12-23(13-9-19)31(28,29)26-20-10-6-18(7-11-20)14-15-25-16-21(27)17-30-22-4-2-1-3-5-22/h1-13,21,25-27H,14-17H2/t21-/m0/s1. The molecule has 0 heterocycles. The maximum atomic E-state index is 12.4. The summed E-state index contributed by atoms with van der Waals surface area (Å²) in [6, 6.07) is 22.6. The van der Waals surface area contributed by atoms with E-state index in [1.807, 2.05) is 42.5 Å². The molecule has 31 heavy (non-hydrogen) atoms. The van der Waals surface area contributed by atoms with E-state index in [4.69, 9.17) is 16.3 Å². The zero-order valence-corrected chi connectivity index (χ0v) is 18.4. The first-order valence-electron chi connectivity index (χ1n) is 9.86. The Balaban J connectivity index is 1.39. The van der Waals surface area contributed by atoms with E-state index in [1.54, 1.807) is 12.1 Å². The maximum Gasteiger partial charge on any atom is 0.261 e. The molecule has 0 unspecified atom stereocenters. The number of aliphatic hydroxyl groups is 1. The van der Waals surface area contributed by atoms with Gasteiger partial charge in [-0.05, 0) is 67.1 Å². The molecule has 0 aliphatic carbocycles. The van der Waals surface area contributed by atoms with Crippen molar-refractivity contribution in [3.8, 4) is 5.75 Å². The molecule has 164 valence electrons. The Morgan fingerprint density at radius 1 is 0.935 bits per heavy atom. The number of hydrogen-bond acceptors (Lipinski definition) is 5. The molecule has 0 fully saturated rings. The summed E-state index contributed by atoms with van der Waals surface area (Å²) in [5.41, 5.74) is 1.54. The van der Waals surface area contributed by atoms with Gasteiger partial charge in [0.05, 0.1) is 4.90 Å². The number of para-hydroxylation sites is 1. The van der Waals surface area contributed by atoms with Crippen molar-refractivity contribution >= 4 is 27.3 Å². The first-order valence-corrected chi connectivity index (χ1v) is 11.7. The summed E-state index contributed by atoms with van der Waals surface area (Å²) in [6.07, 6.45) is 0.140. The molecule has 0 saturated carbocycles. The van der Waals surface area contributed by atoms with Crippen molar-refractivity contribution in [3.05, 3.63) is 89.4 Å². The average Bonchev–Trinajstić information content (AvgIpc) is 2.77. The Labute approximate surface area is 187 Å². The minimum atomic E-state index is -3.66. The monoisotopic (exact) mass is 460 g/mol. The van der Waals surface area contributed by atoms with Crippen molar-refractivity contribution in [1.29, 1.82) is 0 Å². The molecule has 0 amide bonds. The molecular weight excluding hydrogens is 436 g/mol. The molecule has 0 aliphatic rings. The number of aliphatic hydroxyl groups excluding tert-OH is 1. The molecule has 3 N–H and O–H groups in total. The first-order chi connectivity index (χ1) is 14.9. The Morgan fingerprint density at radius 2 is 1.61 bits per heavy atom. The Kier molecular flexibility index (Phi) is 8.31. The van der Waals surface area contributed by atoms with Crippen LogP contribution in [0.4, 0.5) is 5.69 Å². The van der Waals surface area contributed by atoms with Crippen molar-refractivity contribution in [3.63, 3.8) is 0 Å². The number of sulfonamides is 1. The van der Waals surface area contributed by atoms with Gasteiger partial charge >= 0.3 is 0 Å². The van der Waals surface area contributed by atoms with Crippen LogP contribution in [0.3, 0.4) is 0 Å². The highest BCUT2D eigenvalue weighted by Gasteiger charge is 2.13. The predicted octanol–water partition coefficient (Wildman–Crippen LogP) is 3.71. The normalized spacial score (nSPS) is 12.3. The SMILES string of the molecule is O=S(=O)(Nc1ccc(CCNC[C@H](O)COc2ccccc2)cc1)c1ccc(Cl)cc1. The largest absolute Gasteiger partial charge is 0.491 e. The molecule has 0 spiro atoms. The third-order valence-electron chi connectivity index (χ3n) is 4.49. The number of ether oxygens (including phenoxy) is 1. The Hall–Kier alpha value is -2.58. The lowest BCUT2D eigenvalue weighted by molar-refractivity contribution is 0.106. The van der Waals surface area contributed by atoms with Crippen LogP contribution >= 0.6 is 11.6 Å². The number of hydrogen-bond donors (Lipinski definition) is 3. The first kappa shape index (κ1) is 23.1. The molecule has 3 rings (SSSR count). The summed E-state index contributed by atoms with van der Waals surface area (Å²) in [5, 5.41) is 13.7. The fourth-order valence-corrected chi connectivity index (χ4v) is 4.02. The van der Waals surface area contributed by atoms with Crippen LogP contribution in [0.2, 0.25) is 5.02 Å². The van der Waals surface area contributed by atoms with E-state index >= 15 is 0 Å². The van der Waals surface area contributed by atoms with Crippen LogP contribution in [0.1, 0.15) is 5.56 Å². The van der Waals surface area contributed by atoms with Crippen LogP contribution in [0.5, 0.6) is 5.75 Å². The number of nitrogens with one attached hydrogen (secondary N) is 2. The van der Waals surface area contributed by atoms with E-state index in [0.717, 1.165) is 17.7 Å². The number of benzene rings is 3. The van der Waals surface area contributed by atoms with Crippen molar-refractivity contribution in [2.24, 2.45) is 0 Å². The van der Waals surface area contributed by atoms with Crippen LogP contribution in [0.25, 0.3) is 0 Å². The number of anilines is 1. The topological polar surface area (TPSA) is 87.7 Å². The van der Waals surface area contributed by atoms with Gasteiger partial charge in [-0.1, -0.05) is 41.9 Å². The van der Waals surface area contributed by atoms with E-state index in [9.17, 15) is 13.5 Å². The van der Waals surface area contributed by atoms with Gasteiger partial charge in [-0.25, -0.2) is 8.42 Å². The van der Waals surface area contributed by atoms with Gasteiger partial charge in [-0.3, -0.25) is 4.72 Å². The van der Waals surface area contributed by atoms with E-state index in [-0.39, 0.29) is 11.5 Å². The number of rotatable bonds is 11. The van der Waals surface area contributed by atoms with E-state index in [0.29, 0.717) is 23.8 Å². The highest BCUT2D eigenvalue weighted by molar-refractivity contribution is 7.92. The quantitative estimate of drug-likeness (QED) is 0.380. The van der Waals surface area contributed by atoms with E-state index < -0.39 is 16.1 Å². The third-order valence-corrected chi connectivity index (χ3v) is 6.14. The van der Waals surface area contributed by atoms with Crippen molar-refractivity contribution in [2.75, 3.05) is 24.4 Å². The fraction of sp³-hybridized carbons (Fsp3) is 0.217. The van der Waals surface area contributed by atoms with Crippen LogP contribution in [0.15, 0.2) is 83.8 Å². The maximum absolute atomic E-state index is 12.4. The smallest absolute Gasteiger partial charge is 0.261 e. The molecule has 8 heteroatoms. The Morgan fingerprint density at radius 3 is 2.29 bits per heavy atom. The van der Waals surface area contributed by atoms with Crippen LogP contribution in [0, 0.1) is 0 Å².